The molecular formula is C17H13ClN2O3S. The third-order valence-corrected chi connectivity index (χ3v) is 5.56. The first-order valence-electron chi connectivity index (χ1n) is 7.13. The number of benzene rings is 2. The number of nitro benzene ring substituents is 1. The van der Waals surface area contributed by atoms with Crippen molar-refractivity contribution in [1.29, 1.82) is 0 Å². The van der Waals surface area contributed by atoms with E-state index in [1.54, 1.807) is 13.0 Å². The molecule has 0 aliphatic heterocycles. The SMILES string of the molecule is Cc1ccc([N+](=O)[O-])c(NC(=O)c2sc3ccccc3c2Cl)c1C. The van der Waals surface area contributed by atoms with E-state index in [1.807, 2.05) is 31.2 Å². The summed E-state index contributed by atoms with van der Waals surface area (Å²) in [6.07, 6.45) is 0. The molecule has 3 rings (SSSR count). The molecule has 0 aliphatic rings. The fraction of sp³-hybridized carbons (Fsp3) is 0.118. The van der Waals surface area contributed by atoms with Crippen LogP contribution in [-0.2, 0) is 0 Å². The minimum absolute atomic E-state index is 0.135. The maximum atomic E-state index is 12.6. The van der Waals surface area contributed by atoms with Gasteiger partial charge in [0.05, 0.1) is 9.95 Å². The highest BCUT2D eigenvalue weighted by Gasteiger charge is 2.23. The number of nitrogens with one attached hydrogen (secondary N) is 1. The number of anilines is 1. The van der Waals surface area contributed by atoms with Crippen molar-refractivity contribution in [1.82, 2.24) is 0 Å². The molecule has 0 radical (unpaired) electrons. The van der Waals surface area contributed by atoms with Crippen LogP contribution in [0.25, 0.3) is 10.1 Å². The van der Waals surface area contributed by atoms with Crippen molar-refractivity contribution in [3.05, 3.63) is 67.5 Å². The van der Waals surface area contributed by atoms with E-state index in [1.165, 1.54) is 17.4 Å². The molecule has 0 saturated carbocycles. The highest BCUT2D eigenvalue weighted by atomic mass is 35.5. The third kappa shape index (κ3) is 2.74. The summed E-state index contributed by atoms with van der Waals surface area (Å²) in [7, 11) is 0. The van der Waals surface area contributed by atoms with E-state index in [0.29, 0.717) is 15.5 Å². The lowest BCUT2D eigenvalue weighted by atomic mass is 10.1. The summed E-state index contributed by atoms with van der Waals surface area (Å²) in [5.41, 5.74) is 1.59. The van der Waals surface area contributed by atoms with Crippen LogP contribution in [0.1, 0.15) is 20.8 Å². The maximum absolute atomic E-state index is 12.6. The lowest BCUT2D eigenvalue weighted by Crippen LogP contribution is -2.13. The summed E-state index contributed by atoms with van der Waals surface area (Å²) in [5, 5.41) is 15.1. The highest BCUT2D eigenvalue weighted by Crippen LogP contribution is 2.37. The van der Waals surface area contributed by atoms with Crippen LogP contribution in [0.4, 0.5) is 11.4 Å². The Hall–Kier alpha value is -2.44. The van der Waals surface area contributed by atoms with Gasteiger partial charge in [-0.2, -0.15) is 0 Å². The molecule has 1 N–H and O–H groups in total. The van der Waals surface area contributed by atoms with Crippen molar-refractivity contribution in [3.63, 3.8) is 0 Å². The van der Waals surface area contributed by atoms with E-state index in [2.05, 4.69) is 5.32 Å². The monoisotopic (exact) mass is 360 g/mol. The lowest BCUT2D eigenvalue weighted by Gasteiger charge is -2.10. The number of amides is 1. The third-order valence-electron chi connectivity index (χ3n) is 3.89. The molecule has 5 nitrogen and oxygen atoms in total. The van der Waals surface area contributed by atoms with Gasteiger partial charge in [0.15, 0.2) is 0 Å². The van der Waals surface area contributed by atoms with E-state index < -0.39 is 10.8 Å². The number of carbonyl (C=O) groups is 1. The number of nitrogens with zero attached hydrogens (tertiary/aromatic N) is 1. The Bertz CT molecular complexity index is 981. The van der Waals surface area contributed by atoms with Gasteiger partial charge in [0.1, 0.15) is 10.6 Å². The molecule has 0 atom stereocenters. The van der Waals surface area contributed by atoms with Crippen molar-refractivity contribution in [2.24, 2.45) is 0 Å². The molecule has 1 aromatic heterocycles. The molecule has 7 heteroatoms. The molecule has 122 valence electrons. The summed E-state index contributed by atoms with van der Waals surface area (Å²) in [6, 6.07) is 10.5. The average molecular weight is 361 g/mol. The van der Waals surface area contributed by atoms with Crippen LogP contribution in [0.3, 0.4) is 0 Å². The summed E-state index contributed by atoms with van der Waals surface area (Å²) in [4.78, 5) is 23.7. The fourth-order valence-electron chi connectivity index (χ4n) is 2.44. The van der Waals surface area contributed by atoms with Crippen molar-refractivity contribution in [3.8, 4) is 0 Å². The van der Waals surface area contributed by atoms with E-state index in [4.69, 9.17) is 11.6 Å². The van der Waals surface area contributed by atoms with E-state index in [0.717, 1.165) is 15.6 Å². The van der Waals surface area contributed by atoms with E-state index >= 15 is 0 Å². The summed E-state index contributed by atoms with van der Waals surface area (Å²) in [5.74, 6) is -0.446. The van der Waals surface area contributed by atoms with Gasteiger partial charge in [0.2, 0.25) is 0 Å². The summed E-state index contributed by atoms with van der Waals surface area (Å²) in [6.45, 7) is 3.58. The van der Waals surface area contributed by atoms with Gasteiger partial charge in [0.25, 0.3) is 11.6 Å². The molecule has 0 bridgehead atoms. The van der Waals surface area contributed by atoms with Gasteiger partial charge < -0.3 is 5.32 Å². The molecule has 0 fully saturated rings. The number of nitro groups is 1. The molecule has 2 aromatic carbocycles. The second kappa shape index (κ2) is 6.22. The molecule has 0 spiro atoms. The largest absolute Gasteiger partial charge is 0.315 e. The molecule has 1 heterocycles. The number of halogens is 1. The average Bonchev–Trinajstić information content (AvgIpc) is 2.89. The molecule has 0 aliphatic carbocycles. The van der Waals surface area contributed by atoms with Gasteiger partial charge in [-0.25, -0.2) is 0 Å². The molecular weight excluding hydrogens is 348 g/mol. The topological polar surface area (TPSA) is 72.2 Å². The number of hydrogen-bond donors (Lipinski definition) is 1. The van der Waals surface area contributed by atoms with Gasteiger partial charge in [-0.15, -0.1) is 11.3 Å². The number of carbonyl (C=O) groups excluding carboxylic acids is 1. The second-order valence-electron chi connectivity index (χ2n) is 5.35. The predicted octanol–water partition coefficient (Wildman–Crippen LogP) is 5.33. The fourth-order valence-corrected chi connectivity index (χ4v) is 3.85. The van der Waals surface area contributed by atoms with Crippen molar-refractivity contribution < 1.29 is 9.72 Å². The number of hydrogen-bond acceptors (Lipinski definition) is 4. The van der Waals surface area contributed by atoms with Crippen LogP contribution in [-0.4, -0.2) is 10.8 Å². The van der Waals surface area contributed by atoms with Gasteiger partial charge in [-0.05, 0) is 31.0 Å². The van der Waals surface area contributed by atoms with Crippen molar-refractivity contribution in [2.75, 3.05) is 5.32 Å². The number of aryl methyl sites for hydroxylation is 1. The Morgan fingerprint density at radius 3 is 2.58 bits per heavy atom. The number of rotatable bonds is 3. The van der Waals surface area contributed by atoms with Crippen molar-refractivity contribution in [2.45, 2.75) is 13.8 Å². The molecule has 0 saturated heterocycles. The van der Waals surface area contributed by atoms with Gasteiger partial charge in [-0.1, -0.05) is 35.9 Å². The zero-order valence-electron chi connectivity index (χ0n) is 12.9. The quantitative estimate of drug-likeness (QED) is 0.506. The molecule has 3 aromatic rings. The zero-order valence-corrected chi connectivity index (χ0v) is 14.5. The van der Waals surface area contributed by atoms with Crippen LogP contribution in [0.5, 0.6) is 0 Å². The van der Waals surface area contributed by atoms with Crippen LogP contribution in [0.15, 0.2) is 36.4 Å². The van der Waals surface area contributed by atoms with E-state index in [9.17, 15) is 14.9 Å². The van der Waals surface area contributed by atoms with Crippen LogP contribution < -0.4 is 5.32 Å². The predicted molar refractivity (Wildman–Crippen MR) is 97.4 cm³/mol. The highest BCUT2D eigenvalue weighted by molar-refractivity contribution is 7.21. The van der Waals surface area contributed by atoms with Crippen LogP contribution >= 0.6 is 22.9 Å². The molecule has 0 unspecified atom stereocenters. The van der Waals surface area contributed by atoms with Gasteiger partial charge in [-0.3, -0.25) is 14.9 Å². The summed E-state index contributed by atoms with van der Waals surface area (Å²) < 4.78 is 0.892. The maximum Gasteiger partial charge on any atom is 0.293 e. The Morgan fingerprint density at radius 2 is 1.92 bits per heavy atom. The minimum atomic E-state index is -0.505. The minimum Gasteiger partial charge on any atom is -0.315 e. The van der Waals surface area contributed by atoms with Crippen LogP contribution in [0, 0.1) is 24.0 Å². The first-order chi connectivity index (χ1) is 11.4. The summed E-state index contributed by atoms with van der Waals surface area (Å²) >= 11 is 7.57. The van der Waals surface area contributed by atoms with Gasteiger partial charge in [0, 0.05) is 16.2 Å². The number of thiophene rings is 1. The van der Waals surface area contributed by atoms with E-state index in [-0.39, 0.29) is 11.4 Å². The Morgan fingerprint density at radius 1 is 1.21 bits per heavy atom. The van der Waals surface area contributed by atoms with Crippen molar-refractivity contribution >= 4 is 50.3 Å². The molecule has 1 amide bonds. The lowest BCUT2D eigenvalue weighted by molar-refractivity contribution is -0.384. The van der Waals surface area contributed by atoms with Crippen LogP contribution in [0.2, 0.25) is 5.02 Å². The Balaban J connectivity index is 2.05. The Kier molecular flexibility index (Phi) is 4.26. The normalized spacial score (nSPS) is 10.8. The number of fused-ring (bicyclic) bond motifs is 1. The zero-order chi connectivity index (χ0) is 17.4. The standard InChI is InChI=1S/C17H13ClN2O3S/c1-9-7-8-12(20(22)23)15(10(9)2)19-17(21)16-14(18)11-5-3-4-6-13(11)24-16/h3-8H,1-2H3,(H,19,21). The second-order valence-corrected chi connectivity index (χ2v) is 6.78. The van der Waals surface area contributed by atoms with Gasteiger partial charge >= 0.3 is 0 Å². The first kappa shape index (κ1) is 16.4. The smallest absolute Gasteiger partial charge is 0.293 e. The Labute approximate surface area is 147 Å². The molecule has 24 heavy (non-hydrogen) atoms. The first-order valence-corrected chi connectivity index (χ1v) is 8.32.